The van der Waals surface area contributed by atoms with Crippen LogP contribution in [-0.2, 0) is 4.79 Å². The Morgan fingerprint density at radius 1 is 0.912 bits per heavy atom. The number of hydrogen-bond donors (Lipinski definition) is 2. The summed E-state index contributed by atoms with van der Waals surface area (Å²) in [6.07, 6.45) is 18.1. The van der Waals surface area contributed by atoms with Gasteiger partial charge < -0.3 is 10.6 Å². The van der Waals surface area contributed by atoms with Crippen molar-refractivity contribution in [1.82, 2.24) is 10.6 Å². The molecule has 0 saturated heterocycles. The molecule has 0 radical (unpaired) electrons. The quantitative estimate of drug-likeness (QED) is 0.314. The molecule has 0 heterocycles. The summed E-state index contributed by atoms with van der Waals surface area (Å²) in [7, 11) is 0. The minimum atomic E-state index is 0.499. The first-order valence-electron chi connectivity index (χ1n) is 15.3. The van der Waals surface area contributed by atoms with E-state index < -0.39 is 0 Å². The molecule has 0 spiro atoms. The fraction of sp³-hybridized carbons (Fsp3) is 0.968. The van der Waals surface area contributed by atoms with Gasteiger partial charge in [0.2, 0.25) is 0 Å². The molecule has 0 amide bonds. The van der Waals surface area contributed by atoms with E-state index in [-0.39, 0.29) is 0 Å². The van der Waals surface area contributed by atoms with E-state index in [0.29, 0.717) is 22.7 Å². The molecule has 0 aliphatic heterocycles. The molecule has 3 nitrogen and oxygen atoms in total. The number of carbonyl (C=O) groups excluding carboxylic acids is 1. The number of carbonyl (C=O) groups is 1. The summed E-state index contributed by atoms with van der Waals surface area (Å²) in [5.74, 6) is 5.21. The molecule has 4 fully saturated rings. The third-order valence-corrected chi connectivity index (χ3v) is 11.5. The third kappa shape index (κ3) is 5.46. The Morgan fingerprint density at radius 2 is 1.68 bits per heavy atom. The second-order valence-corrected chi connectivity index (χ2v) is 13.7. The zero-order chi connectivity index (χ0) is 24.3. The van der Waals surface area contributed by atoms with Gasteiger partial charge >= 0.3 is 0 Å². The largest absolute Gasteiger partial charge is 0.313 e. The normalized spacial score (nSPS) is 41.7. The monoisotopic (exact) mass is 472 g/mol. The summed E-state index contributed by atoms with van der Waals surface area (Å²) in [6, 6.07) is 1.33. The predicted octanol–water partition coefficient (Wildman–Crippen LogP) is 7.14. The molecule has 34 heavy (non-hydrogen) atoms. The van der Waals surface area contributed by atoms with Crippen LogP contribution in [0, 0.1) is 40.4 Å². The van der Waals surface area contributed by atoms with Crippen molar-refractivity contribution in [2.75, 3.05) is 13.1 Å². The summed E-state index contributed by atoms with van der Waals surface area (Å²) in [5.41, 5.74) is 1.14. The molecule has 8 atom stereocenters. The average molecular weight is 473 g/mol. The number of nitrogens with one attached hydrogen (secondary N) is 2. The van der Waals surface area contributed by atoms with Crippen LogP contribution in [0.3, 0.4) is 0 Å². The lowest BCUT2D eigenvalue weighted by Crippen LogP contribution is -2.55. The molecule has 2 N–H and O–H groups in total. The van der Waals surface area contributed by atoms with Crippen LogP contribution in [0.2, 0.25) is 0 Å². The molecule has 0 bridgehead atoms. The lowest BCUT2D eigenvalue weighted by Gasteiger charge is -2.61. The Morgan fingerprint density at radius 3 is 2.44 bits per heavy atom. The topological polar surface area (TPSA) is 41.1 Å². The molecule has 4 aliphatic rings. The van der Waals surface area contributed by atoms with E-state index in [1.807, 2.05) is 0 Å². The highest BCUT2D eigenvalue weighted by Gasteiger charge is 2.59. The molecule has 4 rings (SSSR count). The Kier molecular flexibility index (Phi) is 8.88. The molecule has 0 aromatic rings. The maximum atomic E-state index is 12.1. The molecule has 0 aromatic carbocycles. The maximum Gasteiger partial charge on any atom is 0.132 e. The Balaban J connectivity index is 1.32. The van der Waals surface area contributed by atoms with Crippen molar-refractivity contribution in [1.29, 1.82) is 0 Å². The van der Waals surface area contributed by atoms with Gasteiger partial charge in [-0.25, -0.2) is 0 Å². The van der Waals surface area contributed by atoms with Gasteiger partial charge in [0.05, 0.1) is 0 Å². The molecule has 4 aliphatic carbocycles. The van der Waals surface area contributed by atoms with Crippen LogP contribution >= 0.6 is 0 Å². The van der Waals surface area contributed by atoms with E-state index in [1.54, 1.807) is 0 Å². The first-order valence-corrected chi connectivity index (χ1v) is 15.3. The van der Waals surface area contributed by atoms with Crippen molar-refractivity contribution in [3.05, 3.63) is 0 Å². The lowest BCUT2D eigenvalue weighted by molar-refractivity contribution is -0.120. The van der Waals surface area contributed by atoms with Gasteiger partial charge in [-0.15, -0.1) is 0 Å². The first kappa shape index (κ1) is 26.6. The molecule has 3 heteroatoms. The van der Waals surface area contributed by atoms with Crippen LogP contribution in [0.4, 0.5) is 0 Å². The third-order valence-electron chi connectivity index (χ3n) is 11.5. The Hall–Kier alpha value is -0.410. The number of rotatable bonds is 11. The van der Waals surface area contributed by atoms with Gasteiger partial charge in [0.25, 0.3) is 0 Å². The number of fused-ring (bicyclic) bond motifs is 5. The van der Waals surface area contributed by atoms with Crippen LogP contribution in [0.1, 0.15) is 125 Å². The number of ketones is 1. The summed E-state index contributed by atoms with van der Waals surface area (Å²) in [5, 5.41) is 7.46. The molecule has 4 unspecified atom stereocenters. The Bertz CT molecular complexity index is 676. The first-order chi connectivity index (χ1) is 16.3. The van der Waals surface area contributed by atoms with Crippen molar-refractivity contribution in [3.63, 3.8) is 0 Å². The molecule has 4 saturated carbocycles. The zero-order valence-corrected chi connectivity index (χ0v) is 23.3. The van der Waals surface area contributed by atoms with Crippen molar-refractivity contribution in [3.8, 4) is 0 Å². The average Bonchev–Trinajstić information content (AvgIpc) is 3.13. The minimum absolute atomic E-state index is 0.499. The summed E-state index contributed by atoms with van der Waals surface area (Å²) < 4.78 is 0. The Labute approximate surface area is 211 Å². The molecule has 0 aromatic heterocycles. The van der Waals surface area contributed by atoms with Gasteiger partial charge in [-0.05, 0) is 117 Å². The molecular formula is C31H56N2O. The van der Waals surface area contributed by atoms with Gasteiger partial charge in [0.1, 0.15) is 5.78 Å². The van der Waals surface area contributed by atoms with Crippen LogP contribution in [0.15, 0.2) is 0 Å². The van der Waals surface area contributed by atoms with E-state index in [1.165, 1.54) is 64.2 Å². The van der Waals surface area contributed by atoms with E-state index in [2.05, 4.69) is 45.3 Å². The highest BCUT2D eigenvalue weighted by Crippen LogP contribution is 2.67. The SMILES string of the molecule is CCCC(=O)CCC[C@H]1CCC2C3CC[C@H]4CC(NCCNC(C)C)CC[C@]4(C)C3CC[C@@]21C. The van der Waals surface area contributed by atoms with Gasteiger partial charge in [0, 0.05) is 38.0 Å². The van der Waals surface area contributed by atoms with Gasteiger partial charge in [-0.1, -0.05) is 34.6 Å². The van der Waals surface area contributed by atoms with Crippen molar-refractivity contribution in [2.24, 2.45) is 40.4 Å². The highest BCUT2D eigenvalue weighted by molar-refractivity contribution is 5.78. The van der Waals surface area contributed by atoms with E-state index in [4.69, 9.17) is 0 Å². The van der Waals surface area contributed by atoms with Crippen molar-refractivity contribution >= 4 is 5.78 Å². The predicted molar refractivity (Wildman–Crippen MR) is 144 cm³/mol. The second kappa shape index (κ2) is 11.3. The lowest BCUT2D eigenvalue weighted by atomic mass is 9.44. The second-order valence-electron chi connectivity index (χ2n) is 13.7. The summed E-state index contributed by atoms with van der Waals surface area (Å²) >= 11 is 0. The molecule has 196 valence electrons. The zero-order valence-electron chi connectivity index (χ0n) is 23.3. The number of hydrogen-bond acceptors (Lipinski definition) is 3. The van der Waals surface area contributed by atoms with Crippen molar-refractivity contribution < 1.29 is 4.79 Å². The van der Waals surface area contributed by atoms with Crippen LogP contribution in [0.25, 0.3) is 0 Å². The van der Waals surface area contributed by atoms with Gasteiger partial charge in [-0.2, -0.15) is 0 Å². The van der Waals surface area contributed by atoms with E-state index in [0.717, 1.165) is 74.4 Å². The number of Topliss-reactive ketones (excluding diaryl/α,β-unsaturated/α-hetero) is 1. The van der Waals surface area contributed by atoms with Crippen molar-refractivity contribution in [2.45, 2.75) is 137 Å². The van der Waals surface area contributed by atoms with Gasteiger partial charge in [0.15, 0.2) is 0 Å². The standard InChI is InChI=1S/C31H56N2O/c1-6-8-26(34)10-7-9-23-12-14-28-27-13-11-24-21-25(33-20-19-32-22(2)3)15-17-31(24,5)29(27)16-18-30(23,28)4/h22-25,27-29,32-33H,6-21H2,1-5H3/t23-,24-,25?,27?,28?,29?,30+,31-/m0/s1. The highest BCUT2D eigenvalue weighted by atomic mass is 16.1. The summed E-state index contributed by atoms with van der Waals surface area (Å²) in [4.78, 5) is 12.1. The fourth-order valence-electron chi connectivity index (χ4n) is 9.61. The summed E-state index contributed by atoms with van der Waals surface area (Å²) in [6.45, 7) is 14.2. The molecular weight excluding hydrogens is 416 g/mol. The van der Waals surface area contributed by atoms with E-state index >= 15 is 0 Å². The fourth-order valence-corrected chi connectivity index (χ4v) is 9.61. The minimum Gasteiger partial charge on any atom is -0.313 e. The van der Waals surface area contributed by atoms with Crippen LogP contribution in [-0.4, -0.2) is 31.0 Å². The van der Waals surface area contributed by atoms with Gasteiger partial charge in [-0.3, -0.25) is 4.79 Å². The maximum absolute atomic E-state index is 12.1. The smallest absolute Gasteiger partial charge is 0.132 e. The van der Waals surface area contributed by atoms with Crippen LogP contribution in [0.5, 0.6) is 0 Å². The van der Waals surface area contributed by atoms with Crippen LogP contribution < -0.4 is 10.6 Å². The van der Waals surface area contributed by atoms with E-state index in [9.17, 15) is 4.79 Å².